The number of ether oxygens (including phenoxy) is 1. The molecule has 0 spiro atoms. The first-order valence-corrected chi connectivity index (χ1v) is 8.60. The van der Waals surface area contributed by atoms with Crippen LogP contribution in [0.3, 0.4) is 0 Å². The highest BCUT2D eigenvalue weighted by Gasteiger charge is 2.31. The van der Waals surface area contributed by atoms with E-state index >= 15 is 0 Å². The van der Waals surface area contributed by atoms with Gasteiger partial charge >= 0.3 is 5.97 Å². The van der Waals surface area contributed by atoms with Crippen LogP contribution in [0.1, 0.15) is 32.6 Å². The molecule has 3 unspecified atom stereocenters. The van der Waals surface area contributed by atoms with Crippen molar-refractivity contribution < 1.29 is 14.6 Å². The number of carbonyl (C=O) groups excluding carboxylic acids is 1. The summed E-state index contributed by atoms with van der Waals surface area (Å²) in [7, 11) is 0. The minimum atomic E-state index is -0.326. The standard InChI is InChI=1S/C16H21ClO3S/c1-2-20-16(19)9-11-6-7-14(18)15(8-11)21-13-5-3-4-12(17)10-13/h3-5,10-11,14-15,18H,2,6-9H2,1H3. The molecule has 0 bridgehead atoms. The highest BCUT2D eigenvalue weighted by molar-refractivity contribution is 8.00. The Morgan fingerprint density at radius 1 is 1.48 bits per heavy atom. The van der Waals surface area contributed by atoms with Gasteiger partial charge in [0, 0.05) is 21.6 Å². The van der Waals surface area contributed by atoms with Crippen LogP contribution in [-0.4, -0.2) is 29.0 Å². The Morgan fingerprint density at radius 2 is 2.29 bits per heavy atom. The van der Waals surface area contributed by atoms with E-state index in [-0.39, 0.29) is 17.3 Å². The number of aliphatic hydroxyl groups is 1. The number of esters is 1. The largest absolute Gasteiger partial charge is 0.466 e. The Bertz CT molecular complexity index is 480. The van der Waals surface area contributed by atoms with Crippen molar-refractivity contribution in [2.24, 2.45) is 5.92 Å². The number of hydrogen-bond donors (Lipinski definition) is 1. The van der Waals surface area contributed by atoms with Gasteiger partial charge in [0.15, 0.2) is 0 Å². The second-order valence-corrected chi connectivity index (χ2v) is 7.12. The molecule has 0 saturated heterocycles. The summed E-state index contributed by atoms with van der Waals surface area (Å²) in [5.74, 6) is 0.162. The lowest BCUT2D eigenvalue weighted by Gasteiger charge is -2.32. The van der Waals surface area contributed by atoms with Gasteiger partial charge in [-0.05, 0) is 50.3 Å². The molecule has 5 heteroatoms. The van der Waals surface area contributed by atoms with E-state index in [1.807, 2.05) is 31.2 Å². The van der Waals surface area contributed by atoms with Gasteiger partial charge in [0.05, 0.1) is 12.7 Å². The van der Waals surface area contributed by atoms with E-state index in [9.17, 15) is 9.90 Å². The van der Waals surface area contributed by atoms with Gasteiger partial charge in [-0.2, -0.15) is 0 Å². The molecule has 0 aliphatic heterocycles. The molecule has 0 heterocycles. The lowest BCUT2D eigenvalue weighted by atomic mass is 9.85. The molecule has 0 radical (unpaired) electrons. The molecule has 0 amide bonds. The lowest BCUT2D eigenvalue weighted by Crippen LogP contribution is -2.32. The summed E-state index contributed by atoms with van der Waals surface area (Å²) >= 11 is 7.64. The average Bonchev–Trinajstić information content (AvgIpc) is 2.43. The minimum absolute atomic E-state index is 0.108. The molecule has 1 N–H and O–H groups in total. The van der Waals surface area contributed by atoms with Gasteiger partial charge in [0.25, 0.3) is 0 Å². The van der Waals surface area contributed by atoms with E-state index < -0.39 is 0 Å². The third kappa shape index (κ3) is 5.20. The van der Waals surface area contributed by atoms with Crippen molar-refractivity contribution >= 4 is 29.3 Å². The lowest BCUT2D eigenvalue weighted by molar-refractivity contribution is -0.144. The molecule has 21 heavy (non-hydrogen) atoms. The molecular formula is C16H21ClO3S. The van der Waals surface area contributed by atoms with E-state index in [1.54, 1.807) is 11.8 Å². The Hall–Kier alpha value is -0.710. The average molecular weight is 329 g/mol. The van der Waals surface area contributed by atoms with E-state index in [0.717, 1.165) is 24.2 Å². The normalized spacial score (nSPS) is 25.6. The molecule has 2 rings (SSSR count). The number of thioether (sulfide) groups is 1. The van der Waals surface area contributed by atoms with Crippen molar-refractivity contribution in [2.75, 3.05) is 6.61 Å². The van der Waals surface area contributed by atoms with Crippen LogP contribution in [0.2, 0.25) is 5.02 Å². The summed E-state index contributed by atoms with van der Waals surface area (Å²) in [5, 5.41) is 11.0. The highest BCUT2D eigenvalue weighted by Crippen LogP contribution is 2.38. The van der Waals surface area contributed by atoms with Gasteiger partial charge < -0.3 is 9.84 Å². The van der Waals surface area contributed by atoms with Crippen molar-refractivity contribution in [2.45, 2.75) is 48.9 Å². The molecular weight excluding hydrogens is 308 g/mol. The fraction of sp³-hybridized carbons (Fsp3) is 0.562. The third-order valence-corrected chi connectivity index (χ3v) is 5.28. The maximum atomic E-state index is 11.6. The SMILES string of the molecule is CCOC(=O)CC1CCC(O)C(Sc2cccc(Cl)c2)C1. The fourth-order valence-electron chi connectivity index (χ4n) is 2.68. The summed E-state index contributed by atoms with van der Waals surface area (Å²) in [5.41, 5.74) is 0. The molecule has 3 nitrogen and oxygen atoms in total. The quantitative estimate of drug-likeness (QED) is 0.832. The number of halogens is 1. The zero-order chi connectivity index (χ0) is 15.2. The number of rotatable bonds is 5. The second kappa shape index (κ2) is 8.06. The topological polar surface area (TPSA) is 46.5 Å². The van der Waals surface area contributed by atoms with Gasteiger partial charge in [-0.3, -0.25) is 4.79 Å². The number of carbonyl (C=O) groups is 1. The van der Waals surface area contributed by atoms with Crippen molar-refractivity contribution in [3.63, 3.8) is 0 Å². The van der Waals surface area contributed by atoms with Crippen molar-refractivity contribution in [3.8, 4) is 0 Å². The molecule has 1 aliphatic carbocycles. The Morgan fingerprint density at radius 3 is 3.00 bits per heavy atom. The molecule has 1 saturated carbocycles. The van der Waals surface area contributed by atoms with Gasteiger partial charge in [-0.25, -0.2) is 0 Å². The third-order valence-electron chi connectivity index (χ3n) is 3.71. The Balaban J connectivity index is 1.93. The maximum Gasteiger partial charge on any atom is 0.306 e. The van der Waals surface area contributed by atoms with E-state index in [1.165, 1.54) is 0 Å². The van der Waals surface area contributed by atoms with E-state index in [0.29, 0.717) is 24.0 Å². The van der Waals surface area contributed by atoms with Gasteiger partial charge in [-0.1, -0.05) is 17.7 Å². The molecule has 1 fully saturated rings. The Labute approximate surface area is 135 Å². The monoisotopic (exact) mass is 328 g/mol. The van der Waals surface area contributed by atoms with Crippen LogP contribution in [0.25, 0.3) is 0 Å². The zero-order valence-corrected chi connectivity index (χ0v) is 13.7. The van der Waals surface area contributed by atoms with Crippen molar-refractivity contribution in [3.05, 3.63) is 29.3 Å². The molecule has 1 aliphatic rings. The van der Waals surface area contributed by atoms with Crippen LogP contribution in [0, 0.1) is 5.92 Å². The van der Waals surface area contributed by atoms with Crippen LogP contribution in [0.15, 0.2) is 29.2 Å². The van der Waals surface area contributed by atoms with E-state index in [2.05, 4.69) is 0 Å². The predicted octanol–water partition coefficient (Wildman–Crippen LogP) is 3.91. The summed E-state index contributed by atoms with van der Waals surface area (Å²) < 4.78 is 5.02. The summed E-state index contributed by atoms with van der Waals surface area (Å²) in [6.45, 7) is 2.25. The first-order chi connectivity index (χ1) is 10.1. The maximum absolute atomic E-state index is 11.6. The fourth-order valence-corrected chi connectivity index (χ4v) is 4.30. The zero-order valence-electron chi connectivity index (χ0n) is 12.1. The van der Waals surface area contributed by atoms with Crippen LogP contribution >= 0.6 is 23.4 Å². The van der Waals surface area contributed by atoms with Crippen LogP contribution in [0.4, 0.5) is 0 Å². The van der Waals surface area contributed by atoms with Gasteiger partial charge in [0.1, 0.15) is 0 Å². The van der Waals surface area contributed by atoms with Crippen LogP contribution in [0.5, 0.6) is 0 Å². The molecule has 1 aromatic rings. The summed E-state index contributed by atoms with van der Waals surface area (Å²) in [6.07, 6.45) is 2.58. The van der Waals surface area contributed by atoms with Crippen molar-refractivity contribution in [1.29, 1.82) is 0 Å². The van der Waals surface area contributed by atoms with Gasteiger partial charge in [0.2, 0.25) is 0 Å². The van der Waals surface area contributed by atoms with Gasteiger partial charge in [-0.15, -0.1) is 11.8 Å². The Kier molecular flexibility index (Phi) is 6.40. The molecule has 116 valence electrons. The molecule has 1 aromatic carbocycles. The van der Waals surface area contributed by atoms with E-state index in [4.69, 9.17) is 16.3 Å². The number of aliphatic hydroxyl groups excluding tert-OH is 1. The second-order valence-electron chi connectivity index (χ2n) is 5.37. The molecule has 3 atom stereocenters. The number of hydrogen-bond acceptors (Lipinski definition) is 4. The molecule has 0 aromatic heterocycles. The predicted molar refractivity (Wildman–Crippen MR) is 85.7 cm³/mol. The first-order valence-electron chi connectivity index (χ1n) is 7.34. The minimum Gasteiger partial charge on any atom is -0.466 e. The smallest absolute Gasteiger partial charge is 0.306 e. The van der Waals surface area contributed by atoms with Crippen LogP contribution in [-0.2, 0) is 9.53 Å². The highest BCUT2D eigenvalue weighted by atomic mass is 35.5. The van der Waals surface area contributed by atoms with Crippen molar-refractivity contribution in [1.82, 2.24) is 0 Å². The summed E-state index contributed by atoms with van der Waals surface area (Å²) in [4.78, 5) is 12.7. The van der Waals surface area contributed by atoms with Crippen LogP contribution < -0.4 is 0 Å². The summed E-state index contributed by atoms with van der Waals surface area (Å²) in [6, 6.07) is 7.66. The number of benzene rings is 1. The first kappa shape index (κ1) is 16.7.